The van der Waals surface area contributed by atoms with Crippen LogP contribution in [0.4, 0.5) is 5.13 Å². The van der Waals surface area contributed by atoms with Crippen LogP contribution in [0.1, 0.15) is 64.8 Å². The third kappa shape index (κ3) is 19.2. The van der Waals surface area contributed by atoms with Crippen molar-refractivity contribution in [3.05, 3.63) is 315 Å². The van der Waals surface area contributed by atoms with Crippen LogP contribution >= 0.6 is 22.7 Å². The van der Waals surface area contributed by atoms with Crippen molar-refractivity contribution in [2.24, 2.45) is 0 Å². The number of ether oxygens (including phenoxy) is 10. The number of aromatic nitrogens is 5. The summed E-state index contributed by atoms with van der Waals surface area (Å²) in [5, 5.41) is 13.9. The van der Waals surface area contributed by atoms with Gasteiger partial charge in [-0.3, -0.25) is 4.79 Å². The highest BCUT2D eigenvalue weighted by Gasteiger charge is 2.50. The Kier molecular flexibility index (Phi) is 24.5. The second kappa shape index (κ2) is 35.3. The summed E-state index contributed by atoms with van der Waals surface area (Å²) in [4.78, 5) is 25.2. The summed E-state index contributed by atoms with van der Waals surface area (Å²) in [5.74, 6) is -0.212. The van der Waals surface area contributed by atoms with Crippen LogP contribution in [0.15, 0.2) is 255 Å². The molecule has 17 nitrogen and oxygen atoms in total. The second-order valence-corrected chi connectivity index (χ2v) is 26.5. The van der Waals surface area contributed by atoms with Gasteiger partial charge in [0.2, 0.25) is 5.78 Å². The van der Waals surface area contributed by atoms with Gasteiger partial charge in [0, 0.05) is 6.54 Å². The van der Waals surface area contributed by atoms with E-state index in [9.17, 15) is 4.79 Å². The Balaban J connectivity index is 0.737. The van der Waals surface area contributed by atoms with Gasteiger partial charge >= 0.3 is 0 Å². The summed E-state index contributed by atoms with van der Waals surface area (Å²) >= 11 is 2.51. The molecule has 2 fully saturated rings. The number of hydrogen-bond donors (Lipinski definition) is 1. The van der Waals surface area contributed by atoms with Crippen molar-refractivity contribution in [3.8, 4) is 10.7 Å². The summed E-state index contributed by atoms with van der Waals surface area (Å²) < 4.78 is 70.8. The number of aryl methyl sites for hydroxylation is 1. The first-order chi connectivity index (χ1) is 48.9. The first-order valence-corrected chi connectivity index (χ1v) is 35.1. The predicted molar refractivity (Wildman–Crippen MR) is 380 cm³/mol. The van der Waals surface area contributed by atoms with Crippen LogP contribution < -0.4 is 5.32 Å². The molecule has 8 aromatic carbocycles. The summed E-state index contributed by atoms with van der Waals surface area (Å²) in [6.45, 7) is 5.31. The van der Waals surface area contributed by atoms with Gasteiger partial charge in [-0.1, -0.05) is 259 Å². The van der Waals surface area contributed by atoms with E-state index in [1.54, 1.807) is 10.9 Å². The molecule has 0 spiro atoms. The van der Waals surface area contributed by atoms with Gasteiger partial charge in [-0.05, 0) is 51.4 Å². The lowest BCUT2D eigenvalue weighted by molar-refractivity contribution is -0.275. The summed E-state index contributed by atoms with van der Waals surface area (Å²) in [7, 11) is 0. The molecule has 0 unspecified atom stereocenters. The molecule has 5 heterocycles. The molecule has 19 heteroatoms. The van der Waals surface area contributed by atoms with Crippen molar-refractivity contribution >= 4 is 33.6 Å². The minimum atomic E-state index is -0.655. The largest absolute Gasteiger partial charge is 0.374 e. The Morgan fingerprint density at radius 1 is 0.434 bits per heavy atom. The van der Waals surface area contributed by atoms with Gasteiger partial charge in [0.1, 0.15) is 71.7 Å². The Morgan fingerprint density at radius 2 is 0.778 bits per heavy atom. The summed E-state index contributed by atoms with van der Waals surface area (Å²) in [6.07, 6.45) is -2.70. The van der Waals surface area contributed by atoms with E-state index in [1.807, 2.05) is 256 Å². The maximum Gasteiger partial charge on any atom is 0.216 e. The molecule has 10 atom stereocenters. The van der Waals surface area contributed by atoms with Gasteiger partial charge < -0.3 is 52.7 Å². The molecule has 0 saturated carbocycles. The average molecular weight is 1370 g/mol. The van der Waals surface area contributed by atoms with E-state index in [0.29, 0.717) is 77.5 Å². The van der Waals surface area contributed by atoms with Crippen LogP contribution in [0.25, 0.3) is 10.7 Å². The van der Waals surface area contributed by atoms with E-state index in [1.165, 1.54) is 22.7 Å². The fourth-order valence-corrected chi connectivity index (χ4v) is 14.0. The fourth-order valence-electron chi connectivity index (χ4n) is 12.2. The maximum atomic E-state index is 14.7. The van der Waals surface area contributed by atoms with Crippen molar-refractivity contribution in [2.75, 3.05) is 25.1 Å². The number of carbonyl (C=O) groups is 1. The molecule has 2 aliphatic heterocycles. The number of nitrogens with one attached hydrogen (secondary N) is 1. The number of carbonyl (C=O) groups excluding carboxylic acids is 1. The monoisotopic (exact) mass is 1360 g/mol. The number of benzene rings is 8. The molecule has 99 heavy (non-hydrogen) atoms. The van der Waals surface area contributed by atoms with Crippen LogP contribution in [0.3, 0.4) is 0 Å². The molecule has 13 rings (SSSR count). The first kappa shape index (κ1) is 68.7. The molecule has 0 amide bonds. The van der Waals surface area contributed by atoms with Crippen LogP contribution in [0, 0.1) is 6.92 Å². The van der Waals surface area contributed by atoms with Crippen molar-refractivity contribution in [2.45, 2.75) is 127 Å². The zero-order valence-corrected chi connectivity index (χ0v) is 56.7. The SMILES string of the molecule is Cc1nc(-c2cn(C[C@H]3O[C@H](COCc4ccccc4)[C@@H](OCc4ccccc4)[C@H](OCc4ccccc4)[C@@H]3OCc3ccccc3)nn2)sc1C(=O)c1cnc(NC[C@H]2O[C@H](COCc3ccccc3)[C@@H](OCc3ccccc3)[C@H](OCc3ccccc3)[C@@H]2OCc2ccccc2)s1. The number of ketones is 1. The predicted octanol–water partition coefficient (Wildman–Crippen LogP) is 14.3. The van der Waals surface area contributed by atoms with E-state index in [2.05, 4.69) is 15.6 Å². The Hall–Kier alpha value is -8.77. The Labute approximate surface area is 585 Å². The Morgan fingerprint density at radius 3 is 1.17 bits per heavy atom. The van der Waals surface area contributed by atoms with E-state index >= 15 is 0 Å². The number of thiazole rings is 2. The number of hydrogen-bond acceptors (Lipinski definition) is 18. The van der Waals surface area contributed by atoms with E-state index < -0.39 is 61.0 Å². The second-order valence-electron chi connectivity index (χ2n) is 24.5. The lowest BCUT2D eigenvalue weighted by Gasteiger charge is -2.46. The quantitative estimate of drug-likeness (QED) is 0.0376. The van der Waals surface area contributed by atoms with Gasteiger partial charge in [-0.15, -0.1) is 16.4 Å². The summed E-state index contributed by atoms with van der Waals surface area (Å²) in [5.41, 5.74) is 9.14. The first-order valence-electron chi connectivity index (χ1n) is 33.5. The minimum absolute atomic E-state index is 0.208. The van der Waals surface area contributed by atoms with E-state index in [0.717, 1.165) is 44.5 Å². The normalized spacial score (nSPS) is 20.7. The van der Waals surface area contributed by atoms with Crippen LogP contribution in [-0.4, -0.2) is 112 Å². The van der Waals surface area contributed by atoms with Gasteiger partial charge in [-0.2, -0.15) is 0 Å². The minimum Gasteiger partial charge on any atom is -0.374 e. The zero-order chi connectivity index (χ0) is 67.2. The third-order valence-corrected chi connectivity index (χ3v) is 19.4. The molecule has 11 aromatic rings. The van der Waals surface area contributed by atoms with Crippen LogP contribution in [0.5, 0.6) is 0 Å². The third-order valence-electron chi connectivity index (χ3n) is 17.3. The van der Waals surface area contributed by atoms with Crippen LogP contribution in [0.2, 0.25) is 0 Å². The van der Waals surface area contributed by atoms with Crippen molar-refractivity contribution in [3.63, 3.8) is 0 Å². The molecule has 2 aliphatic rings. The summed E-state index contributed by atoms with van der Waals surface area (Å²) in [6, 6.07) is 80.6. The fraction of sp³-hybridized carbons (Fsp3) is 0.287. The van der Waals surface area contributed by atoms with Crippen LogP contribution in [-0.2, 0) is 107 Å². The molecular formula is C80H80N6O11S2. The van der Waals surface area contributed by atoms with Gasteiger partial charge in [0.15, 0.2) is 5.13 Å². The molecule has 0 bridgehead atoms. The van der Waals surface area contributed by atoms with Crippen molar-refractivity contribution in [1.29, 1.82) is 0 Å². The lowest BCUT2D eigenvalue weighted by atomic mass is 9.93. The average Bonchev–Trinajstić information content (AvgIpc) is 0.895. The van der Waals surface area contributed by atoms with Gasteiger partial charge in [0.05, 0.1) is 100 Å². The highest BCUT2D eigenvalue weighted by molar-refractivity contribution is 7.20. The topological polar surface area (TPSA) is 178 Å². The molecule has 2 saturated heterocycles. The smallest absolute Gasteiger partial charge is 0.216 e. The van der Waals surface area contributed by atoms with Gasteiger partial charge in [0.25, 0.3) is 0 Å². The molecule has 3 aromatic heterocycles. The van der Waals surface area contributed by atoms with E-state index in [4.69, 9.17) is 57.3 Å². The number of rotatable bonds is 34. The molecule has 0 aliphatic carbocycles. The number of anilines is 1. The number of nitrogens with zero attached hydrogens (tertiary/aromatic N) is 5. The highest BCUT2D eigenvalue weighted by atomic mass is 32.1. The van der Waals surface area contributed by atoms with Gasteiger partial charge in [-0.25, -0.2) is 14.6 Å². The highest BCUT2D eigenvalue weighted by Crippen LogP contribution is 2.36. The van der Waals surface area contributed by atoms with E-state index in [-0.39, 0.29) is 38.7 Å². The zero-order valence-electron chi connectivity index (χ0n) is 55.1. The lowest BCUT2D eigenvalue weighted by Crippen LogP contribution is -2.62. The molecular weight excluding hydrogens is 1290 g/mol. The maximum absolute atomic E-state index is 14.7. The molecule has 0 radical (unpaired) electrons. The molecule has 1 N–H and O–H groups in total. The Bertz CT molecular complexity index is 4170. The standard InChI is InChI=1S/C80H80N6O11S2/c1-56-78(71(87)70-43-82-80(98-70)81-42-66-72(90-48-59-30-14-4-15-31-59)76(94-52-63-38-22-8-23-39-63)74(92-50-61-34-18-6-19-35-61)68(96-66)54-88-46-57-26-10-2-11-27-57)99-79(83-56)65-44-86(85-84-65)45-67-73(91-49-60-32-16-5-17-33-60)77(95-53-64-40-24-9-25-41-64)75(93-51-62-36-20-7-21-37-62)69(97-67)55-89-47-58-28-12-3-13-29-58/h2-41,43-44,66-69,72-77H,42,45-55H2,1H3,(H,81,82)/t66-,67-,68-,69-,72-,73-,74-,75-,76-,77-/m1/s1. The van der Waals surface area contributed by atoms with Crippen molar-refractivity contribution in [1.82, 2.24) is 25.0 Å². The van der Waals surface area contributed by atoms with Crippen molar-refractivity contribution < 1.29 is 52.2 Å². The molecule has 508 valence electrons.